The first-order valence-corrected chi connectivity index (χ1v) is 5.00. The van der Waals surface area contributed by atoms with Gasteiger partial charge in [0.25, 0.3) is 0 Å². The molecule has 1 unspecified atom stereocenters. The number of halogens is 1. The molecule has 1 aromatic rings. The van der Waals surface area contributed by atoms with Crippen LogP contribution in [0.3, 0.4) is 0 Å². The number of aliphatic carboxylic acids is 1. The second kappa shape index (κ2) is 4.53. The van der Waals surface area contributed by atoms with Crippen LogP contribution >= 0.6 is 11.6 Å². The number of benzene rings is 1. The van der Waals surface area contributed by atoms with E-state index in [9.17, 15) is 9.90 Å². The molecule has 0 heterocycles. The van der Waals surface area contributed by atoms with E-state index in [1.807, 2.05) is 6.92 Å². The van der Waals surface area contributed by atoms with Gasteiger partial charge in [-0.3, -0.25) is 4.79 Å². The fraction of sp³-hybridized carbons (Fsp3) is 0.364. The van der Waals surface area contributed by atoms with Gasteiger partial charge in [0.15, 0.2) is 0 Å². The van der Waals surface area contributed by atoms with Crippen molar-refractivity contribution in [1.82, 2.24) is 0 Å². The maximum absolute atomic E-state index is 10.5. The highest BCUT2D eigenvalue weighted by Gasteiger charge is 2.13. The molecule has 1 aromatic carbocycles. The Bertz CT molecular complexity index is 364. The Morgan fingerprint density at radius 2 is 2.13 bits per heavy atom. The second-order valence-electron chi connectivity index (χ2n) is 3.67. The quantitative estimate of drug-likeness (QED) is 0.836. The third-order valence-electron chi connectivity index (χ3n) is 2.33. The van der Waals surface area contributed by atoms with E-state index in [2.05, 4.69) is 0 Å². The standard InChI is InChI=1S/C11H13ClO3/c1-6(4-10(13)14)8-3-7(2)11(15)9(12)5-8/h3,5-6,15H,4H2,1-2H3,(H,13,14). The Hall–Kier alpha value is -1.22. The number of carboxylic acid groups (broad SMARTS) is 1. The molecule has 1 rings (SSSR count). The Kier molecular flexibility index (Phi) is 3.58. The van der Waals surface area contributed by atoms with Gasteiger partial charge in [-0.15, -0.1) is 0 Å². The first kappa shape index (κ1) is 11.9. The molecule has 1 atom stereocenters. The maximum Gasteiger partial charge on any atom is 0.303 e. The number of carboxylic acids is 1. The minimum absolute atomic E-state index is 0.0561. The molecule has 0 aromatic heterocycles. The monoisotopic (exact) mass is 228 g/mol. The van der Waals surface area contributed by atoms with Crippen molar-refractivity contribution in [1.29, 1.82) is 0 Å². The molecule has 82 valence electrons. The van der Waals surface area contributed by atoms with Crippen LogP contribution in [0.15, 0.2) is 12.1 Å². The Balaban J connectivity index is 3.00. The van der Waals surface area contributed by atoms with Gasteiger partial charge in [0.05, 0.1) is 11.4 Å². The molecular weight excluding hydrogens is 216 g/mol. The molecule has 0 radical (unpaired) electrons. The maximum atomic E-state index is 10.5. The summed E-state index contributed by atoms with van der Waals surface area (Å²) in [4.78, 5) is 10.5. The number of rotatable bonds is 3. The van der Waals surface area contributed by atoms with Gasteiger partial charge in [0.1, 0.15) is 5.75 Å². The van der Waals surface area contributed by atoms with Crippen LogP contribution in [0.25, 0.3) is 0 Å². The van der Waals surface area contributed by atoms with Crippen molar-refractivity contribution < 1.29 is 15.0 Å². The predicted octanol–water partition coefficient (Wildman–Crippen LogP) is 2.93. The van der Waals surface area contributed by atoms with Gasteiger partial charge in [-0.1, -0.05) is 24.6 Å². The fourth-order valence-electron chi connectivity index (χ4n) is 1.43. The summed E-state index contributed by atoms with van der Waals surface area (Å²) in [5, 5.41) is 18.4. The SMILES string of the molecule is Cc1cc(C(C)CC(=O)O)cc(Cl)c1O. The van der Waals surface area contributed by atoms with Gasteiger partial charge in [0, 0.05) is 0 Å². The number of aromatic hydroxyl groups is 1. The lowest BCUT2D eigenvalue weighted by Crippen LogP contribution is -2.03. The van der Waals surface area contributed by atoms with Crippen LogP contribution in [0.1, 0.15) is 30.4 Å². The molecule has 4 heteroatoms. The van der Waals surface area contributed by atoms with E-state index in [0.29, 0.717) is 5.56 Å². The fourth-order valence-corrected chi connectivity index (χ4v) is 1.70. The number of carbonyl (C=O) groups is 1. The average Bonchev–Trinajstić information content (AvgIpc) is 2.12. The van der Waals surface area contributed by atoms with Gasteiger partial charge in [-0.25, -0.2) is 0 Å². The zero-order chi connectivity index (χ0) is 11.6. The smallest absolute Gasteiger partial charge is 0.303 e. The molecule has 15 heavy (non-hydrogen) atoms. The second-order valence-corrected chi connectivity index (χ2v) is 4.07. The molecule has 0 aliphatic rings. The van der Waals surface area contributed by atoms with Crippen molar-refractivity contribution in [3.63, 3.8) is 0 Å². The highest BCUT2D eigenvalue weighted by molar-refractivity contribution is 6.32. The Morgan fingerprint density at radius 1 is 1.53 bits per heavy atom. The van der Waals surface area contributed by atoms with Crippen LogP contribution in [-0.4, -0.2) is 16.2 Å². The van der Waals surface area contributed by atoms with Crippen LogP contribution in [0.5, 0.6) is 5.75 Å². The Morgan fingerprint density at radius 3 is 2.60 bits per heavy atom. The summed E-state index contributed by atoms with van der Waals surface area (Å²) in [6.07, 6.45) is 0.0561. The third-order valence-corrected chi connectivity index (χ3v) is 2.61. The van der Waals surface area contributed by atoms with Crippen molar-refractivity contribution in [3.8, 4) is 5.75 Å². The van der Waals surface area contributed by atoms with Gasteiger partial charge >= 0.3 is 5.97 Å². The molecule has 0 saturated carbocycles. The van der Waals surface area contributed by atoms with Crippen LogP contribution < -0.4 is 0 Å². The van der Waals surface area contributed by atoms with Crippen LogP contribution in [0.4, 0.5) is 0 Å². The predicted molar refractivity (Wildman–Crippen MR) is 58.5 cm³/mol. The molecule has 0 saturated heterocycles. The molecule has 0 aliphatic heterocycles. The number of hydrogen-bond donors (Lipinski definition) is 2. The summed E-state index contributed by atoms with van der Waals surface area (Å²) in [6, 6.07) is 3.37. The van der Waals surface area contributed by atoms with Crippen molar-refractivity contribution in [2.75, 3.05) is 0 Å². The van der Waals surface area contributed by atoms with Gasteiger partial charge in [0.2, 0.25) is 0 Å². The molecule has 0 amide bonds. The normalized spacial score (nSPS) is 12.5. The molecule has 0 spiro atoms. The lowest BCUT2D eigenvalue weighted by molar-refractivity contribution is -0.137. The molecule has 2 N–H and O–H groups in total. The summed E-state index contributed by atoms with van der Waals surface area (Å²) >= 11 is 5.80. The van der Waals surface area contributed by atoms with E-state index in [-0.39, 0.29) is 23.1 Å². The molecule has 0 fully saturated rings. The number of aryl methyl sites for hydroxylation is 1. The van der Waals surface area contributed by atoms with Crippen molar-refractivity contribution in [2.24, 2.45) is 0 Å². The molecule has 0 aliphatic carbocycles. The van der Waals surface area contributed by atoms with E-state index in [1.54, 1.807) is 19.1 Å². The summed E-state index contributed by atoms with van der Waals surface area (Å²) in [5.74, 6) is -0.897. The molecule has 3 nitrogen and oxygen atoms in total. The van der Waals surface area contributed by atoms with E-state index in [0.717, 1.165) is 5.56 Å². The zero-order valence-electron chi connectivity index (χ0n) is 8.62. The Labute approximate surface area is 93.3 Å². The number of phenolic OH excluding ortho intramolecular Hbond substituents is 1. The van der Waals surface area contributed by atoms with E-state index in [4.69, 9.17) is 16.7 Å². The third kappa shape index (κ3) is 2.86. The first-order chi connectivity index (χ1) is 6.91. The average molecular weight is 229 g/mol. The van der Waals surface area contributed by atoms with Gasteiger partial charge in [-0.05, 0) is 30.0 Å². The first-order valence-electron chi connectivity index (χ1n) is 4.62. The van der Waals surface area contributed by atoms with Crippen LogP contribution in [0.2, 0.25) is 5.02 Å². The zero-order valence-corrected chi connectivity index (χ0v) is 9.38. The van der Waals surface area contributed by atoms with Crippen molar-refractivity contribution >= 4 is 17.6 Å². The summed E-state index contributed by atoms with van der Waals surface area (Å²) < 4.78 is 0. The van der Waals surface area contributed by atoms with Gasteiger partial charge in [-0.2, -0.15) is 0 Å². The lowest BCUT2D eigenvalue weighted by atomic mass is 9.96. The largest absolute Gasteiger partial charge is 0.506 e. The van der Waals surface area contributed by atoms with Crippen molar-refractivity contribution in [3.05, 3.63) is 28.3 Å². The van der Waals surface area contributed by atoms with Gasteiger partial charge < -0.3 is 10.2 Å². The van der Waals surface area contributed by atoms with E-state index < -0.39 is 5.97 Å². The van der Waals surface area contributed by atoms with E-state index >= 15 is 0 Å². The van der Waals surface area contributed by atoms with Crippen LogP contribution in [0, 0.1) is 6.92 Å². The minimum Gasteiger partial charge on any atom is -0.506 e. The number of phenols is 1. The highest BCUT2D eigenvalue weighted by atomic mass is 35.5. The molecule has 0 bridgehead atoms. The highest BCUT2D eigenvalue weighted by Crippen LogP contribution is 2.32. The summed E-state index contributed by atoms with van der Waals surface area (Å²) in [6.45, 7) is 3.55. The minimum atomic E-state index is -0.843. The summed E-state index contributed by atoms with van der Waals surface area (Å²) in [7, 11) is 0. The van der Waals surface area contributed by atoms with Crippen molar-refractivity contribution in [2.45, 2.75) is 26.2 Å². The number of hydrogen-bond acceptors (Lipinski definition) is 2. The lowest BCUT2D eigenvalue weighted by Gasteiger charge is -2.11. The topological polar surface area (TPSA) is 57.5 Å². The summed E-state index contributed by atoms with van der Waals surface area (Å²) in [5.41, 5.74) is 1.49. The van der Waals surface area contributed by atoms with Crippen LogP contribution in [-0.2, 0) is 4.79 Å². The van der Waals surface area contributed by atoms with E-state index in [1.165, 1.54) is 0 Å². The molecular formula is C11H13ClO3.